The van der Waals surface area contributed by atoms with E-state index in [0.717, 1.165) is 47.5 Å². The first-order valence-corrected chi connectivity index (χ1v) is 10.5. The Kier molecular flexibility index (Phi) is 7.09. The van der Waals surface area contributed by atoms with E-state index >= 15 is 0 Å². The molecule has 0 spiro atoms. The number of nitrogens with zero attached hydrogens (tertiary/aromatic N) is 3. The van der Waals surface area contributed by atoms with Gasteiger partial charge in [0, 0.05) is 44.7 Å². The van der Waals surface area contributed by atoms with Crippen LogP contribution in [0.2, 0.25) is 0 Å². The highest BCUT2D eigenvalue weighted by molar-refractivity contribution is 5.78. The lowest BCUT2D eigenvalue weighted by molar-refractivity contribution is -0.141. The molecule has 0 radical (unpaired) electrons. The van der Waals surface area contributed by atoms with Gasteiger partial charge in [-0.05, 0) is 29.8 Å². The van der Waals surface area contributed by atoms with E-state index in [1.807, 2.05) is 47.4 Å². The van der Waals surface area contributed by atoms with E-state index in [0.29, 0.717) is 19.6 Å². The van der Waals surface area contributed by atoms with Gasteiger partial charge in [0.2, 0.25) is 0 Å². The predicted octanol–water partition coefficient (Wildman–Crippen LogP) is 2.61. The van der Waals surface area contributed by atoms with Crippen molar-refractivity contribution in [3.8, 4) is 5.75 Å². The maximum Gasteiger partial charge on any atom is 0.250 e. The largest absolute Gasteiger partial charge is 0.497 e. The Balaban J connectivity index is 1.17. The van der Waals surface area contributed by atoms with Crippen LogP contribution in [-0.4, -0.2) is 60.6 Å². The molecule has 1 aliphatic heterocycles. The molecule has 31 heavy (non-hydrogen) atoms. The number of hydrogen-bond acceptors (Lipinski definition) is 6. The highest BCUT2D eigenvalue weighted by atomic mass is 16.6. The smallest absolute Gasteiger partial charge is 0.250 e. The van der Waals surface area contributed by atoms with E-state index in [1.165, 1.54) is 0 Å². The lowest BCUT2D eigenvalue weighted by Crippen LogP contribution is -2.49. The average molecular weight is 421 g/mol. The van der Waals surface area contributed by atoms with Crippen LogP contribution in [0.3, 0.4) is 0 Å². The van der Waals surface area contributed by atoms with Crippen LogP contribution in [0, 0.1) is 0 Å². The van der Waals surface area contributed by atoms with Crippen LogP contribution in [0.15, 0.2) is 60.7 Å². The monoisotopic (exact) mass is 420 g/mol. The quantitative estimate of drug-likeness (QED) is 0.446. The summed E-state index contributed by atoms with van der Waals surface area (Å²) in [5.41, 5.74) is 6.00. The molecule has 2 aromatic carbocycles. The van der Waals surface area contributed by atoms with Crippen molar-refractivity contribution in [3.05, 3.63) is 71.9 Å². The Morgan fingerprint density at radius 1 is 1.00 bits per heavy atom. The molecule has 1 saturated heterocycles. The summed E-state index contributed by atoms with van der Waals surface area (Å²) in [7, 11) is 1.64. The fourth-order valence-corrected chi connectivity index (χ4v) is 3.66. The van der Waals surface area contributed by atoms with E-state index in [2.05, 4.69) is 28.6 Å². The van der Waals surface area contributed by atoms with Gasteiger partial charge in [-0.3, -0.25) is 19.5 Å². The number of hydroxylamine groups is 1. The normalized spacial score (nSPS) is 14.7. The zero-order valence-corrected chi connectivity index (χ0v) is 17.8. The van der Waals surface area contributed by atoms with Crippen LogP contribution in [0.5, 0.6) is 5.75 Å². The Bertz CT molecular complexity index is 1000. The van der Waals surface area contributed by atoms with Crippen molar-refractivity contribution in [2.45, 2.75) is 13.1 Å². The number of fused-ring (bicyclic) bond motifs is 1. The minimum absolute atomic E-state index is 0.00529. The summed E-state index contributed by atoms with van der Waals surface area (Å²) in [5, 5.41) is 1.15. The van der Waals surface area contributed by atoms with Crippen molar-refractivity contribution in [1.29, 1.82) is 0 Å². The number of carbonyl (C=O) groups is 1. The van der Waals surface area contributed by atoms with Gasteiger partial charge in [0.05, 0.1) is 18.3 Å². The maximum absolute atomic E-state index is 12.4. The van der Waals surface area contributed by atoms with E-state index < -0.39 is 0 Å². The third kappa shape index (κ3) is 5.79. The Labute approximate surface area is 182 Å². The van der Waals surface area contributed by atoms with E-state index in [1.54, 1.807) is 7.11 Å². The Morgan fingerprint density at radius 3 is 2.55 bits per heavy atom. The summed E-state index contributed by atoms with van der Waals surface area (Å²) in [5.74, 6) is 0.820. The molecule has 0 atom stereocenters. The third-order valence-electron chi connectivity index (χ3n) is 5.50. The van der Waals surface area contributed by atoms with Crippen LogP contribution in [0.25, 0.3) is 10.9 Å². The lowest BCUT2D eigenvalue weighted by atomic mass is 10.2. The molecule has 0 saturated carbocycles. The number of hydrogen-bond donors (Lipinski definition) is 1. The van der Waals surface area contributed by atoms with E-state index in [9.17, 15) is 4.79 Å². The first-order chi connectivity index (χ1) is 15.2. The fraction of sp³-hybridized carbons (Fsp3) is 0.333. The maximum atomic E-state index is 12.4. The number of rotatable bonds is 8. The molecule has 1 fully saturated rings. The Morgan fingerprint density at radius 2 is 1.77 bits per heavy atom. The van der Waals surface area contributed by atoms with Crippen LogP contribution in [0.4, 0.5) is 0 Å². The molecule has 1 aromatic heterocycles. The molecule has 162 valence electrons. The molecular formula is C24H28N4O3. The van der Waals surface area contributed by atoms with Gasteiger partial charge < -0.3 is 9.64 Å². The predicted molar refractivity (Wildman–Crippen MR) is 119 cm³/mol. The van der Waals surface area contributed by atoms with Crippen LogP contribution in [-0.2, 0) is 22.7 Å². The summed E-state index contributed by atoms with van der Waals surface area (Å²) >= 11 is 0. The SMILES string of the molecule is COc1ccc(CNOCC(=O)N2CCN(Cc3ccc4ccccc4n3)CC2)cc1. The average Bonchev–Trinajstić information content (AvgIpc) is 2.82. The number of piperazine rings is 1. The number of ether oxygens (including phenoxy) is 1. The summed E-state index contributed by atoms with van der Waals surface area (Å²) in [6.45, 7) is 4.43. The fourth-order valence-electron chi connectivity index (χ4n) is 3.66. The lowest BCUT2D eigenvalue weighted by Gasteiger charge is -2.34. The van der Waals surface area contributed by atoms with Crippen molar-refractivity contribution in [2.24, 2.45) is 0 Å². The van der Waals surface area contributed by atoms with Crippen molar-refractivity contribution in [3.63, 3.8) is 0 Å². The molecule has 0 aliphatic carbocycles. The van der Waals surface area contributed by atoms with E-state index in [-0.39, 0.29) is 12.5 Å². The first-order valence-electron chi connectivity index (χ1n) is 10.5. The number of methoxy groups -OCH3 is 1. The zero-order valence-electron chi connectivity index (χ0n) is 17.8. The first kappa shape index (κ1) is 21.2. The Hall–Kier alpha value is -3.00. The minimum atomic E-state index is 0.00529. The second-order valence-electron chi connectivity index (χ2n) is 7.61. The molecule has 0 unspecified atom stereocenters. The molecule has 7 nitrogen and oxygen atoms in total. The molecule has 4 rings (SSSR count). The molecule has 7 heteroatoms. The minimum Gasteiger partial charge on any atom is -0.497 e. The zero-order chi connectivity index (χ0) is 21.5. The number of aromatic nitrogens is 1. The highest BCUT2D eigenvalue weighted by Gasteiger charge is 2.21. The van der Waals surface area contributed by atoms with Gasteiger partial charge in [0.25, 0.3) is 5.91 Å². The summed E-state index contributed by atoms with van der Waals surface area (Å²) < 4.78 is 5.14. The molecule has 1 aliphatic rings. The van der Waals surface area contributed by atoms with Gasteiger partial charge in [-0.15, -0.1) is 0 Å². The van der Waals surface area contributed by atoms with Crippen LogP contribution in [0.1, 0.15) is 11.3 Å². The van der Waals surface area contributed by atoms with Crippen molar-refractivity contribution >= 4 is 16.8 Å². The highest BCUT2D eigenvalue weighted by Crippen LogP contribution is 2.14. The third-order valence-corrected chi connectivity index (χ3v) is 5.50. The molecule has 0 bridgehead atoms. The number of carbonyl (C=O) groups excluding carboxylic acids is 1. The van der Waals surface area contributed by atoms with Crippen molar-refractivity contribution in [1.82, 2.24) is 20.3 Å². The van der Waals surface area contributed by atoms with E-state index in [4.69, 9.17) is 14.6 Å². The van der Waals surface area contributed by atoms with Gasteiger partial charge in [-0.2, -0.15) is 5.48 Å². The number of amides is 1. The standard InChI is InChI=1S/C24H28N4O3/c1-30-22-10-6-19(7-11-22)16-25-31-18-24(29)28-14-12-27(13-15-28)17-21-9-8-20-4-2-3-5-23(20)26-21/h2-11,25H,12-18H2,1H3. The summed E-state index contributed by atoms with van der Waals surface area (Å²) in [6.07, 6.45) is 0. The molecule has 1 amide bonds. The van der Waals surface area contributed by atoms with Gasteiger partial charge >= 0.3 is 0 Å². The topological polar surface area (TPSA) is 66.9 Å². The van der Waals surface area contributed by atoms with Crippen molar-refractivity contribution < 1.29 is 14.4 Å². The molecule has 3 aromatic rings. The van der Waals surface area contributed by atoms with Gasteiger partial charge in [-0.1, -0.05) is 36.4 Å². The van der Waals surface area contributed by atoms with Crippen molar-refractivity contribution in [2.75, 3.05) is 39.9 Å². The van der Waals surface area contributed by atoms with Gasteiger partial charge in [0.15, 0.2) is 0 Å². The molecule has 2 heterocycles. The number of para-hydroxylation sites is 1. The van der Waals surface area contributed by atoms with Crippen LogP contribution < -0.4 is 10.2 Å². The molecular weight excluding hydrogens is 392 g/mol. The number of nitrogens with one attached hydrogen (secondary N) is 1. The number of pyridine rings is 1. The second kappa shape index (κ2) is 10.3. The van der Waals surface area contributed by atoms with Gasteiger partial charge in [0.1, 0.15) is 12.4 Å². The summed E-state index contributed by atoms with van der Waals surface area (Å²) in [4.78, 5) is 26.7. The number of benzene rings is 2. The van der Waals surface area contributed by atoms with Crippen LogP contribution >= 0.6 is 0 Å². The second-order valence-corrected chi connectivity index (χ2v) is 7.61. The van der Waals surface area contributed by atoms with Gasteiger partial charge in [-0.25, -0.2) is 0 Å². The summed E-state index contributed by atoms with van der Waals surface area (Å²) in [6, 6.07) is 20.1. The molecule has 1 N–H and O–H groups in total.